The number of phenolic OH excluding ortho intramolecular Hbond substituents is 1. The smallest absolute Gasteiger partial charge is 0.260 e. The fraction of sp³-hybridized carbons (Fsp3) is 0.0556. The van der Waals surface area contributed by atoms with Crippen molar-refractivity contribution in [1.29, 1.82) is 0 Å². The van der Waals surface area contributed by atoms with Crippen LogP contribution in [0.15, 0.2) is 59.1 Å². The molecule has 0 aliphatic rings. The Kier molecular flexibility index (Phi) is 4.21. The van der Waals surface area contributed by atoms with Gasteiger partial charge in [0.25, 0.3) is 5.91 Å². The number of rotatable bonds is 3. The summed E-state index contributed by atoms with van der Waals surface area (Å²) in [5.74, 6) is 0.0600. The number of amides is 1. The molecule has 0 atom stereocenters. The van der Waals surface area contributed by atoms with Gasteiger partial charge in [0, 0.05) is 4.47 Å². The van der Waals surface area contributed by atoms with Gasteiger partial charge in [0.05, 0.1) is 18.4 Å². The fourth-order valence-electron chi connectivity index (χ4n) is 2.44. The number of aromatic hydroxyl groups is 1. The number of nitrogens with one attached hydrogen (secondary N) is 1. The highest BCUT2D eigenvalue weighted by Crippen LogP contribution is 2.35. The zero-order valence-corrected chi connectivity index (χ0v) is 13.9. The molecule has 23 heavy (non-hydrogen) atoms. The number of fused-ring (bicyclic) bond motifs is 1. The molecule has 0 aliphatic heterocycles. The standard InChI is InChI=1S/C18H14BrNO3/c1-23-15-9-5-4-8-13(15)20-18(22)16-14(21)10-11-6-2-3-7-12(11)17(16)19/h2-10,21H,1H3,(H,20,22). The van der Waals surface area contributed by atoms with Crippen LogP contribution in [0, 0.1) is 0 Å². The summed E-state index contributed by atoms with van der Waals surface area (Å²) in [6.07, 6.45) is 0. The van der Waals surface area contributed by atoms with E-state index in [0.29, 0.717) is 15.9 Å². The normalized spacial score (nSPS) is 10.5. The van der Waals surface area contributed by atoms with Gasteiger partial charge in [-0.25, -0.2) is 0 Å². The molecule has 3 aromatic carbocycles. The van der Waals surface area contributed by atoms with Crippen LogP contribution in [-0.4, -0.2) is 18.1 Å². The molecule has 0 spiro atoms. The second-order valence-electron chi connectivity index (χ2n) is 4.96. The van der Waals surface area contributed by atoms with E-state index in [2.05, 4.69) is 21.2 Å². The molecule has 0 unspecified atom stereocenters. The van der Waals surface area contributed by atoms with E-state index in [1.165, 1.54) is 7.11 Å². The van der Waals surface area contributed by atoms with E-state index in [9.17, 15) is 9.90 Å². The summed E-state index contributed by atoms with van der Waals surface area (Å²) < 4.78 is 5.78. The second-order valence-corrected chi connectivity index (χ2v) is 5.75. The maximum Gasteiger partial charge on any atom is 0.260 e. The Morgan fingerprint density at radius 2 is 1.83 bits per heavy atom. The van der Waals surface area contributed by atoms with E-state index < -0.39 is 5.91 Å². The van der Waals surface area contributed by atoms with Gasteiger partial charge in [0.2, 0.25) is 0 Å². The van der Waals surface area contributed by atoms with Crippen LogP contribution in [0.1, 0.15) is 10.4 Å². The lowest BCUT2D eigenvalue weighted by Gasteiger charge is -2.13. The van der Waals surface area contributed by atoms with Gasteiger partial charge < -0.3 is 15.2 Å². The molecule has 0 fully saturated rings. The number of halogens is 1. The second kappa shape index (κ2) is 6.30. The zero-order chi connectivity index (χ0) is 16.4. The van der Waals surface area contributed by atoms with Gasteiger partial charge in [-0.2, -0.15) is 0 Å². The molecule has 2 N–H and O–H groups in total. The van der Waals surface area contributed by atoms with Gasteiger partial charge >= 0.3 is 0 Å². The number of carbonyl (C=O) groups is 1. The first kappa shape index (κ1) is 15.4. The van der Waals surface area contributed by atoms with Crippen LogP contribution >= 0.6 is 15.9 Å². The van der Waals surface area contributed by atoms with Crippen LogP contribution in [0.2, 0.25) is 0 Å². The van der Waals surface area contributed by atoms with Gasteiger partial charge in [-0.15, -0.1) is 0 Å². The summed E-state index contributed by atoms with van der Waals surface area (Å²) in [6, 6.07) is 16.2. The molecule has 4 nitrogen and oxygen atoms in total. The third kappa shape index (κ3) is 2.87. The highest BCUT2D eigenvalue weighted by atomic mass is 79.9. The molecular formula is C18H14BrNO3. The number of para-hydroxylation sites is 2. The van der Waals surface area contributed by atoms with E-state index in [0.717, 1.165) is 10.8 Å². The highest BCUT2D eigenvalue weighted by molar-refractivity contribution is 9.10. The average molecular weight is 372 g/mol. The topological polar surface area (TPSA) is 58.6 Å². The number of benzene rings is 3. The molecule has 3 aromatic rings. The molecule has 0 saturated heterocycles. The minimum absolute atomic E-state index is 0.0806. The SMILES string of the molecule is COc1ccccc1NC(=O)c1c(O)cc2ccccc2c1Br. The monoisotopic (exact) mass is 371 g/mol. The first-order valence-corrected chi connectivity index (χ1v) is 7.75. The summed E-state index contributed by atoms with van der Waals surface area (Å²) in [5.41, 5.74) is 0.731. The van der Waals surface area contributed by atoms with Gasteiger partial charge in [-0.3, -0.25) is 4.79 Å². The molecule has 5 heteroatoms. The van der Waals surface area contributed by atoms with Crippen molar-refractivity contribution in [3.05, 3.63) is 64.6 Å². The van der Waals surface area contributed by atoms with Crippen LogP contribution in [0.3, 0.4) is 0 Å². The van der Waals surface area contributed by atoms with Crippen molar-refractivity contribution >= 4 is 38.3 Å². The molecule has 1 amide bonds. The molecule has 0 aliphatic carbocycles. The maximum atomic E-state index is 12.6. The number of hydrogen-bond acceptors (Lipinski definition) is 3. The van der Waals surface area contributed by atoms with Gasteiger partial charge in [0.15, 0.2) is 0 Å². The molecule has 0 bridgehead atoms. The quantitative estimate of drug-likeness (QED) is 0.708. The van der Waals surface area contributed by atoms with E-state index in [4.69, 9.17) is 4.74 Å². The first-order valence-electron chi connectivity index (χ1n) is 6.96. The average Bonchev–Trinajstić information content (AvgIpc) is 2.55. The summed E-state index contributed by atoms with van der Waals surface area (Å²) >= 11 is 3.43. The maximum absolute atomic E-state index is 12.6. The lowest BCUT2D eigenvalue weighted by molar-refractivity contribution is 0.102. The van der Waals surface area contributed by atoms with E-state index in [1.54, 1.807) is 24.3 Å². The van der Waals surface area contributed by atoms with Crippen molar-refractivity contribution < 1.29 is 14.6 Å². The zero-order valence-electron chi connectivity index (χ0n) is 12.3. The number of carbonyl (C=O) groups excluding carboxylic acids is 1. The van der Waals surface area contributed by atoms with E-state index >= 15 is 0 Å². The molecule has 0 radical (unpaired) electrons. The minimum Gasteiger partial charge on any atom is -0.507 e. The Hall–Kier alpha value is -2.53. The van der Waals surface area contributed by atoms with Crippen LogP contribution in [0.4, 0.5) is 5.69 Å². The Labute approximate surface area is 141 Å². The highest BCUT2D eigenvalue weighted by Gasteiger charge is 2.19. The predicted octanol–water partition coefficient (Wildman–Crippen LogP) is 4.57. The van der Waals surface area contributed by atoms with Crippen molar-refractivity contribution in [3.8, 4) is 11.5 Å². The fourth-order valence-corrected chi connectivity index (χ4v) is 3.18. The molecular weight excluding hydrogens is 358 g/mol. The lowest BCUT2D eigenvalue weighted by atomic mass is 10.1. The molecule has 0 saturated carbocycles. The van der Waals surface area contributed by atoms with Crippen LogP contribution in [0.25, 0.3) is 10.8 Å². The van der Waals surface area contributed by atoms with Gasteiger partial charge in [-0.05, 0) is 44.9 Å². The van der Waals surface area contributed by atoms with Crippen LogP contribution in [0.5, 0.6) is 11.5 Å². The summed E-state index contributed by atoms with van der Waals surface area (Å²) in [7, 11) is 1.54. The van der Waals surface area contributed by atoms with E-state index in [1.807, 2.05) is 30.3 Å². The lowest BCUT2D eigenvalue weighted by Crippen LogP contribution is -2.13. The Balaban J connectivity index is 2.04. The van der Waals surface area contributed by atoms with E-state index in [-0.39, 0.29) is 11.3 Å². The summed E-state index contributed by atoms with van der Waals surface area (Å²) in [5, 5.41) is 14.7. The summed E-state index contributed by atoms with van der Waals surface area (Å²) in [6.45, 7) is 0. The molecule has 3 rings (SSSR count). The Morgan fingerprint density at radius 1 is 1.13 bits per heavy atom. The number of ether oxygens (including phenoxy) is 1. The largest absolute Gasteiger partial charge is 0.507 e. The molecule has 116 valence electrons. The third-order valence-corrected chi connectivity index (χ3v) is 4.37. The Morgan fingerprint density at radius 3 is 2.61 bits per heavy atom. The predicted molar refractivity (Wildman–Crippen MR) is 94.3 cm³/mol. The summed E-state index contributed by atoms with van der Waals surface area (Å²) in [4.78, 5) is 12.6. The van der Waals surface area contributed by atoms with Crippen LogP contribution in [-0.2, 0) is 0 Å². The Bertz CT molecular complexity index is 893. The minimum atomic E-state index is -0.412. The van der Waals surface area contributed by atoms with Gasteiger partial charge in [-0.1, -0.05) is 36.4 Å². The van der Waals surface area contributed by atoms with Crippen LogP contribution < -0.4 is 10.1 Å². The van der Waals surface area contributed by atoms with Crippen molar-refractivity contribution in [2.75, 3.05) is 12.4 Å². The van der Waals surface area contributed by atoms with Crippen molar-refractivity contribution in [2.24, 2.45) is 0 Å². The number of methoxy groups -OCH3 is 1. The van der Waals surface area contributed by atoms with Crippen molar-refractivity contribution in [2.45, 2.75) is 0 Å². The van der Waals surface area contributed by atoms with Crippen molar-refractivity contribution in [1.82, 2.24) is 0 Å². The van der Waals surface area contributed by atoms with Gasteiger partial charge in [0.1, 0.15) is 11.5 Å². The molecule has 0 aromatic heterocycles. The number of hydrogen-bond donors (Lipinski definition) is 2. The number of anilines is 1. The van der Waals surface area contributed by atoms with Crippen molar-refractivity contribution in [3.63, 3.8) is 0 Å². The third-order valence-electron chi connectivity index (χ3n) is 3.55. The molecule has 0 heterocycles. The number of phenols is 1. The first-order chi connectivity index (χ1) is 11.1.